The molecule has 1 aliphatic rings. The van der Waals surface area contributed by atoms with Crippen LogP contribution in [0, 0.1) is 0 Å². The number of likely N-dealkylation sites (tertiary alicyclic amines) is 1. The summed E-state index contributed by atoms with van der Waals surface area (Å²) in [4.78, 5) is 2.62. The van der Waals surface area contributed by atoms with E-state index in [2.05, 4.69) is 11.8 Å². The number of nitrogens with zero attached hydrogens (tertiary/aromatic N) is 1. The second kappa shape index (κ2) is 10.7. The summed E-state index contributed by atoms with van der Waals surface area (Å²) >= 11 is 0. The highest BCUT2D eigenvalue weighted by atomic mass is 16.6. The third-order valence-electron chi connectivity index (χ3n) is 4.07. The lowest BCUT2D eigenvalue weighted by molar-refractivity contribution is 0.195. The molecule has 3 nitrogen and oxygen atoms in total. The van der Waals surface area contributed by atoms with Crippen LogP contribution in [0.15, 0.2) is 0 Å². The number of rotatable bonds is 10. The molecule has 0 saturated carbocycles. The van der Waals surface area contributed by atoms with E-state index in [1.165, 1.54) is 51.7 Å². The maximum Gasteiger partial charge on any atom is 0.460 e. The van der Waals surface area contributed by atoms with Gasteiger partial charge in [-0.3, -0.25) is 0 Å². The lowest BCUT2D eigenvalue weighted by Crippen LogP contribution is -2.32. The van der Waals surface area contributed by atoms with E-state index in [-0.39, 0.29) is 7.12 Å². The second-order valence-corrected chi connectivity index (χ2v) is 5.49. The summed E-state index contributed by atoms with van der Waals surface area (Å²) in [6, 6.07) is 0. The van der Waals surface area contributed by atoms with Gasteiger partial charge in [-0.2, -0.15) is 0 Å². The Morgan fingerprint density at radius 2 is 1.63 bits per heavy atom. The van der Waals surface area contributed by atoms with E-state index in [0.29, 0.717) is 5.82 Å². The third kappa shape index (κ3) is 6.78. The maximum atomic E-state index is 5.74. The molecule has 0 N–H and O–H groups in total. The van der Waals surface area contributed by atoms with Crippen molar-refractivity contribution in [1.82, 2.24) is 4.90 Å². The summed E-state index contributed by atoms with van der Waals surface area (Å²) in [5.41, 5.74) is 0. The molecule has 19 heavy (non-hydrogen) atoms. The van der Waals surface area contributed by atoms with E-state index in [0.717, 1.165) is 19.6 Å². The van der Waals surface area contributed by atoms with Crippen LogP contribution >= 0.6 is 0 Å². The normalized spacial score (nSPS) is 18.5. The predicted molar refractivity (Wildman–Crippen MR) is 82.6 cm³/mol. The van der Waals surface area contributed by atoms with Gasteiger partial charge in [0.15, 0.2) is 0 Å². The molecule has 0 aliphatic carbocycles. The topological polar surface area (TPSA) is 21.7 Å². The molecule has 0 aromatic carbocycles. The molecule has 1 heterocycles. The van der Waals surface area contributed by atoms with Crippen LogP contribution < -0.4 is 0 Å². The zero-order chi connectivity index (χ0) is 13.9. The van der Waals surface area contributed by atoms with Gasteiger partial charge in [0.25, 0.3) is 0 Å². The van der Waals surface area contributed by atoms with Gasteiger partial charge in [-0.1, -0.05) is 26.2 Å². The Hall–Kier alpha value is -0.0551. The van der Waals surface area contributed by atoms with E-state index in [1.54, 1.807) is 0 Å². The van der Waals surface area contributed by atoms with Crippen LogP contribution in [0.5, 0.6) is 0 Å². The van der Waals surface area contributed by atoms with Gasteiger partial charge in [0.1, 0.15) is 0 Å². The summed E-state index contributed by atoms with van der Waals surface area (Å²) in [6.45, 7) is 11.7. The average molecular weight is 269 g/mol. The Balaban J connectivity index is 2.25. The predicted octanol–water partition coefficient (Wildman–Crippen LogP) is 3.59. The molecule has 0 spiro atoms. The molecular formula is C15H32BNO2. The Bertz CT molecular complexity index is 204. The van der Waals surface area contributed by atoms with E-state index < -0.39 is 0 Å². The van der Waals surface area contributed by atoms with Crippen molar-refractivity contribution in [3.63, 3.8) is 0 Å². The quantitative estimate of drug-likeness (QED) is 0.566. The molecule has 1 unspecified atom stereocenters. The van der Waals surface area contributed by atoms with Crippen molar-refractivity contribution in [3.8, 4) is 0 Å². The van der Waals surface area contributed by atoms with Gasteiger partial charge < -0.3 is 14.2 Å². The first-order chi connectivity index (χ1) is 9.31. The highest BCUT2D eigenvalue weighted by molar-refractivity contribution is 6.46. The molecule has 0 radical (unpaired) electrons. The van der Waals surface area contributed by atoms with Crippen LogP contribution in [-0.4, -0.2) is 44.9 Å². The van der Waals surface area contributed by atoms with Crippen molar-refractivity contribution in [2.45, 2.75) is 65.1 Å². The van der Waals surface area contributed by atoms with Crippen LogP contribution in [0.1, 0.15) is 59.3 Å². The molecule has 1 fully saturated rings. The minimum atomic E-state index is 0.00126. The summed E-state index contributed by atoms with van der Waals surface area (Å²) in [6.07, 6.45) is 7.83. The maximum absolute atomic E-state index is 5.74. The van der Waals surface area contributed by atoms with Crippen LogP contribution in [0.2, 0.25) is 5.82 Å². The molecule has 0 aromatic rings. The van der Waals surface area contributed by atoms with Crippen LogP contribution in [-0.2, 0) is 9.31 Å². The fourth-order valence-corrected chi connectivity index (χ4v) is 2.94. The van der Waals surface area contributed by atoms with Gasteiger partial charge in [-0.05, 0) is 58.6 Å². The van der Waals surface area contributed by atoms with Crippen LogP contribution in [0.25, 0.3) is 0 Å². The smallest absolute Gasteiger partial charge is 0.411 e. The monoisotopic (exact) mass is 269 g/mol. The van der Waals surface area contributed by atoms with Crippen molar-refractivity contribution in [3.05, 3.63) is 0 Å². The van der Waals surface area contributed by atoms with Crippen LogP contribution in [0.4, 0.5) is 0 Å². The van der Waals surface area contributed by atoms with Crippen molar-refractivity contribution >= 4 is 7.12 Å². The number of piperidine rings is 1. The van der Waals surface area contributed by atoms with E-state index in [9.17, 15) is 0 Å². The fourth-order valence-electron chi connectivity index (χ4n) is 2.94. The second-order valence-electron chi connectivity index (χ2n) is 5.49. The van der Waals surface area contributed by atoms with Gasteiger partial charge in [-0.15, -0.1) is 0 Å². The Morgan fingerprint density at radius 3 is 2.16 bits per heavy atom. The minimum Gasteiger partial charge on any atom is -0.411 e. The summed E-state index contributed by atoms with van der Waals surface area (Å²) in [5, 5.41) is 0. The van der Waals surface area contributed by atoms with Crippen LogP contribution in [0.3, 0.4) is 0 Å². The minimum absolute atomic E-state index is 0.00126. The molecule has 1 rings (SSSR count). The first kappa shape index (κ1) is 17.0. The zero-order valence-corrected chi connectivity index (χ0v) is 13.2. The lowest BCUT2D eigenvalue weighted by atomic mass is 9.67. The average Bonchev–Trinajstić information content (AvgIpc) is 2.45. The highest BCUT2D eigenvalue weighted by Crippen LogP contribution is 2.24. The number of hydrogen-bond acceptors (Lipinski definition) is 3. The van der Waals surface area contributed by atoms with Crippen molar-refractivity contribution in [2.75, 3.05) is 32.8 Å². The van der Waals surface area contributed by atoms with Crippen molar-refractivity contribution in [1.29, 1.82) is 0 Å². The summed E-state index contributed by atoms with van der Waals surface area (Å²) in [7, 11) is 0.00126. The van der Waals surface area contributed by atoms with E-state index in [1.807, 2.05) is 13.8 Å². The van der Waals surface area contributed by atoms with Crippen molar-refractivity contribution in [2.24, 2.45) is 0 Å². The standard InChI is InChI=1S/C15H32BNO2/c1-4-15(16(18-5-2)19-6-3)11-10-14-17-12-8-7-9-13-17/h15H,4-14H2,1-3H3. The molecule has 1 aliphatic heterocycles. The molecular weight excluding hydrogens is 237 g/mol. The summed E-state index contributed by atoms with van der Waals surface area (Å²) in [5.74, 6) is 0.546. The largest absolute Gasteiger partial charge is 0.460 e. The number of hydrogen-bond donors (Lipinski definition) is 0. The van der Waals surface area contributed by atoms with Crippen molar-refractivity contribution < 1.29 is 9.31 Å². The first-order valence-corrected chi connectivity index (χ1v) is 8.27. The zero-order valence-electron chi connectivity index (χ0n) is 13.2. The van der Waals surface area contributed by atoms with E-state index in [4.69, 9.17) is 9.31 Å². The van der Waals surface area contributed by atoms with Gasteiger partial charge in [0, 0.05) is 13.2 Å². The Kier molecular flexibility index (Phi) is 9.57. The van der Waals surface area contributed by atoms with E-state index >= 15 is 0 Å². The first-order valence-electron chi connectivity index (χ1n) is 8.27. The lowest BCUT2D eigenvalue weighted by Gasteiger charge is -2.27. The van der Waals surface area contributed by atoms with Gasteiger partial charge in [0.05, 0.1) is 0 Å². The van der Waals surface area contributed by atoms with Gasteiger partial charge in [0.2, 0.25) is 0 Å². The molecule has 1 atom stereocenters. The van der Waals surface area contributed by atoms with Gasteiger partial charge >= 0.3 is 7.12 Å². The Morgan fingerprint density at radius 1 is 1.00 bits per heavy atom. The molecule has 0 bridgehead atoms. The highest BCUT2D eigenvalue weighted by Gasteiger charge is 2.27. The van der Waals surface area contributed by atoms with Gasteiger partial charge in [-0.25, -0.2) is 0 Å². The summed E-state index contributed by atoms with van der Waals surface area (Å²) < 4.78 is 11.5. The molecule has 4 heteroatoms. The Labute approximate surface area is 120 Å². The molecule has 0 amide bonds. The molecule has 1 saturated heterocycles. The SMILES string of the molecule is CCOB(OCC)C(CC)CCCN1CCCCC1. The molecule has 0 aromatic heterocycles. The molecule has 112 valence electrons. The fraction of sp³-hybridized carbons (Fsp3) is 1.00. The third-order valence-corrected chi connectivity index (χ3v) is 4.07.